The van der Waals surface area contributed by atoms with Gasteiger partial charge in [0.1, 0.15) is 5.75 Å². The molecule has 0 aromatic heterocycles. The van der Waals surface area contributed by atoms with Gasteiger partial charge in [-0.05, 0) is 38.0 Å². The van der Waals surface area contributed by atoms with E-state index in [9.17, 15) is 4.79 Å². The van der Waals surface area contributed by atoms with Gasteiger partial charge < -0.3 is 15.4 Å². The van der Waals surface area contributed by atoms with Crippen LogP contribution < -0.4 is 10.5 Å². The molecule has 2 rings (SSSR count). The average molecular weight is 262 g/mol. The van der Waals surface area contributed by atoms with Crippen LogP contribution in [0.1, 0.15) is 32.8 Å². The highest BCUT2D eigenvalue weighted by Gasteiger charge is 2.36. The summed E-state index contributed by atoms with van der Waals surface area (Å²) in [6, 6.07) is 7.83. The Bertz CT molecular complexity index is 456. The summed E-state index contributed by atoms with van der Waals surface area (Å²) < 4.78 is 5.64. The van der Waals surface area contributed by atoms with Crippen molar-refractivity contribution >= 4 is 6.03 Å². The number of hydrogen-bond acceptors (Lipinski definition) is 2. The summed E-state index contributed by atoms with van der Waals surface area (Å²) >= 11 is 0. The molecule has 1 aromatic rings. The molecule has 1 heterocycles. The number of amides is 2. The smallest absolute Gasteiger partial charge is 0.314 e. The van der Waals surface area contributed by atoms with Gasteiger partial charge in [-0.2, -0.15) is 0 Å². The molecule has 1 saturated heterocycles. The standard InChI is InChI=1S/C15H22N2O2/c1-11(2)19-13-6-4-12(5-7-13)15(3)8-9-17(10-15)14(16)18/h4-7,11H,8-10H2,1-3H3,(H2,16,18). The number of ether oxygens (including phenoxy) is 1. The van der Waals surface area contributed by atoms with Crippen LogP contribution in [0.5, 0.6) is 5.75 Å². The van der Waals surface area contributed by atoms with Gasteiger partial charge in [-0.3, -0.25) is 0 Å². The predicted octanol–water partition coefficient (Wildman–Crippen LogP) is 2.52. The number of hydrogen-bond donors (Lipinski definition) is 1. The maximum Gasteiger partial charge on any atom is 0.314 e. The van der Waals surface area contributed by atoms with Crippen LogP contribution in [-0.2, 0) is 5.41 Å². The van der Waals surface area contributed by atoms with Gasteiger partial charge in [-0.15, -0.1) is 0 Å². The van der Waals surface area contributed by atoms with E-state index in [0.29, 0.717) is 6.54 Å². The highest BCUT2D eigenvalue weighted by atomic mass is 16.5. The molecule has 0 radical (unpaired) electrons. The fourth-order valence-corrected chi connectivity index (χ4v) is 2.59. The first-order valence-electron chi connectivity index (χ1n) is 6.72. The molecule has 1 aromatic carbocycles. The summed E-state index contributed by atoms with van der Waals surface area (Å²) in [5.41, 5.74) is 6.56. The number of likely N-dealkylation sites (tertiary alicyclic amines) is 1. The second-order valence-corrected chi connectivity index (χ2v) is 5.76. The lowest BCUT2D eigenvalue weighted by atomic mass is 9.82. The van der Waals surface area contributed by atoms with Crippen LogP contribution in [0.3, 0.4) is 0 Å². The van der Waals surface area contributed by atoms with Crippen LogP contribution in [0.15, 0.2) is 24.3 Å². The zero-order chi connectivity index (χ0) is 14.0. The third kappa shape index (κ3) is 3.00. The highest BCUT2D eigenvalue weighted by Crippen LogP contribution is 2.34. The second kappa shape index (κ2) is 5.11. The predicted molar refractivity (Wildman–Crippen MR) is 75.3 cm³/mol. The summed E-state index contributed by atoms with van der Waals surface area (Å²) in [6.45, 7) is 7.62. The van der Waals surface area contributed by atoms with Crippen molar-refractivity contribution in [2.24, 2.45) is 5.73 Å². The first-order valence-corrected chi connectivity index (χ1v) is 6.72. The van der Waals surface area contributed by atoms with Crippen molar-refractivity contribution in [2.75, 3.05) is 13.1 Å². The molecular formula is C15H22N2O2. The Hall–Kier alpha value is -1.71. The van der Waals surface area contributed by atoms with E-state index >= 15 is 0 Å². The van der Waals surface area contributed by atoms with Gasteiger partial charge >= 0.3 is 6.03 Å². The van der Waals surface area contributed by atoms with E-state index in [1.54, 1.807) is 4.90 Å². The van der Waals surface area contributed by atoms with Gasteiger partial charge in [0, 0.05) is 18.5 Å². The molecule has 1 aliphatic rings. The molecule has 0 aliphatic carbocycles. The summed E-state index contributed by atoms with van der Waals surface area (Å²) in [6.07, 6.45) is 1.12. The van der Waals surface area contributed by atoms with Gasteiger partial charge in [0.05, 0.1) is 6.10 Å². The monoisotopic (exact) mass is 262 g/mol. The zero-order valence-corrected chi connectivity index (χ0v) is 11.8. The van der Waals surface area contributed by atoms with Crippen LogP contribution in [-0.4, -0.2) is 30.1 Å². The first-order chi connectivity index (χ1) is 8.90. The van der Waals surface area contributed by atoms with Gasteiger partial charge in [0.15, 0.2) is 0 Å². The average Bonchev–Trinajstić information content (AvgIpc) is 2.73. The molecule has 2 N–H and O–H groups in total. The third-order valence-electron chi connectivity index (χ3n) is 3.71. The van der Waals surface area contributed by atoms with E-state index in [2.05, 4.69) is 19.1 Å². The number of carbonyl (C=O) groups excluding carboxylic acids is 1. The van der Waals surface area contributed by atoms with Gasteiger partial charge in [0.25, 0.3) is 0 Å². The van der Waals surface area contributed by atoms with Crippen molar-refractivity contribution in [3.05, 3.63) is 29.8 Å². The molecule has 19 heavy (non-hydrogen) atoms. The molecule has 1 aliphatic heterocycles. The number of nitrogens with two attached hydrogens (primary N) is 1. The van der Waals surface area contributed by atoms with E-state index < -0.39 is 0 Å². The van der Waals surface area contributed by atoms with Gasteiger partial charge in [-0.25, -0.2) is 4.79 Å². The fourth-order valence-electron chi connectivity index (χ4n) is 2.59. The lowest BCUT2D eigenvalue weighted by Gasteiger charge is -2.25. The zero-order valence-electron chi connectivity index (χ0n) is 11.8. The van der Waals surface area contributed by atoms with Crippen molar-refractivity contribution in [1.29, 1.82) is 0 Å². The Balaban J connectivity index is 2.12. The minimum atomic E-state index is -0.330. The number of nitrogens with zero attached hydrogens (tertiary/aromatic N) is 1. The highest BCUT2D eigenvalue weighted by molar-refractivity contribution is 5.72. The molecule has 1 atom stereocenters. The Kier molecular flexibility index (Phi) is 3.69. The molecule has 104 valence electrons. The van der Waals surface area contributed by atoms with Crippen molar-refractivity contribution in [1.82, 2.24) is 4.90 Å². The van der Waals surface area contributed by atoms with Crippen molar-refractivity contribution in [3.8, 4) is 5.75 Å². The Morgan fingerprint density at radius 1 is 1.37 bits per heavy atom. The van der Waals surface area contributed by atoms with Crippen LogP contribution in [0.2, 0.25) is 0 Å². The summed E-state index contributed by atoms with van der Waals surface area (Å²) in [4.78, 5) is 12.9. The lowest BCUT2D eigenvalue weighted by molar-refractivity contribution is 0.216. The second-order valence-electron chi connectivity index (χ2n) is 5.76. The minimum Gasteiger partial charge on any atom is -0.491 e. The Morgan fingerprint density at radius 3 is 2.47 bits per heavy atom. The van der Waals surface area contributed by atoms with Crippen LogP contribution in [0.25, 0.3) is 0 Å². The minimum absolute atomic E-state index is 0.00854. The lowest BCUT2D eigenvalue weighted by Crippen LogP contribution is -2.36. The fraction of sp³-hybridized carbons (Fsp3) is 0.533. The van der Waals surface area contributed by atoms with E-state index in [0.717, 1.165) is 18.7 Å². The van der Waals surface area contributed by atoms with Crippen LogP contribution >= 0.6 is 0 Å². The van der Waals surface area contributed by atoms with E-state index in [-0.39, 0.29) is 17.6 Å². The summed E-state index contributed by atoms with van der Waals surface area (Å²) in [7, 11) is 0. The normalized spacial score (nSPS) is 22.8. The first kappa shape index (κ1) is 13.7. The number of urea groups is 1. The quantitative estimate of drug-likeness (QED) is 0.910. The number of rotatable bonds is 3. The molecule has 0 spiro atoms. The number of carbonyl (C=O) groups is 1. The van der Waals surface area contributed by atoms with Crippen LogP contribution in [0.4, 0.5) is 4.79 Å². The number of primary amides is 1. The largest absolute Gasteiger partial charge is 0.491 e. The molecule has 4 heteroatoms. The van der Waals surface area contributed by atoms with Crippen molar-refractivity contribution < 1.29 is 9.53 Å². The molecule has 0 bridgehead atoms. The van der Waals surface area contributed by atoms with E-state index in [4.69, 9.17) is 10.5 Å². The summed E-state index contributed by atoms with van der Waals surface area (Å²) in [5.74, 6) is 0.882. The van der Waals surface area contributed by atoms with Crippen molar-refractivity contribution in [3.63, 3.8) is 0 Å². The van der Waals surface area contributed by atoms with Crippen molar-refractivity contribution in [2.45, 2.75) is 38.7 Å². The molecule has 2 amide bonds. The molecule has 4 nitrogen and oxygen atoms in total. The van der Waals surface area contributed by atoms with Crippen LogP contribution in [0, 0.1) is 0 Å². The summed E-state index contributed by atoms with van der Waals surface area (Å²) in [5, 5.41) is 0. The third-order valence-corrected chi connectivity index (χ3v) is 3.71. The maximum atomic E-state index is 11.2. The Labute approximate surface area is 114 Å². The van der Waals surface area contributed by atoms with Gasteiger partial charge in [-0.1, -0.05) is 19.1 Å². The SMILES string of the molecule is CC(C)Oc1ccc(C2(C)CCN(C(N)=O)C2)cc1. The molecule has 0 saturated carbocycles. The molecular weight excluding hydrogens is 240 g/mol. The van der Waals surface area contributed by atoms with Gasteiger partial charge in [0.2, 0.25) is 0 Å². The molecule has 1 unspecified atom stereocenters. The Morgan fingerprint density at radius 2 is 2.00 bits per heavy atom. The number of benzene rings is 1. The van der Waals surface area contributed by atoms with E-state index in [1.807, 2.05) is 26.0 Å². The van der Waals surface area contributed by atoms with E-state index in [1.165, 1.54) is 5.56 Å². The maximum absolute atomic E-state index is 11.2. The topological polar surface area (TPSA) is 55.6 Å². The molecule has 1 fully saturated rings.